The first-order chi connectivity index (χ1) is 5.70. The lowest BCUT2D eigenvalue weighted by molar-refractivity contribution is 0.171. The van der Waals surface area contributed by atoms with Crippen LogP contribution < -0.4 is 5.32 Å². The van der Waals surface area contributed by atoms with Crippen molar-refractivity contribution < 1.29 is 5.11 Å². The van der Waals surface area contributed by atoms with Crippen molar-refractivity contribution in [3.05, 3.63) is 12.4 Å². The molecule has 0 aliphatic heterocycles. The summed E-state index contributed by atoms with van der Waals surface area (Å²) in [5.41, 5.74) is 0. The largest absolute Gasteiger partial charge is 0.391 e. The molecule has 3 N–H and O–H groups in total. The molecule has 0 aliphatic carbocycles. The lowest BCUT2D eigenvalue weighted by Gasteiger charge is -2.09. The molecule has 12 heavy (non-hydrogen) atoms. The maximum atomic E-state index is 9.13. The van der Waals surface area contributed by atoms with Gasteiger partial charge in [-0.25, -0.2) is 4.99 Å². The molecule has 4 nitrogen and oxygen atoms in total. The van der Waals surface area contributed by atoms with Crippen molar-refractivity contribution in [3.63, 3.8) is 0 Å². The van der Waals surface area contributed by atoms with Gasteiger partial charge in [0.25, 0.3) is 0 Å². The van der Waals surface area contributed by atoms with Crippen molar-refractivity contribution in [1.29, 1.82) is 5.41 Å². The molecule has 4 heteroatoms. The normalized spacial score (nSPS) is 12.8. The van der Waals surface area contributed by atoms with Crippen molar-refractivity contribution in [2.24, 2.45) is 4.99 Å². The van der Waals surface area contributed by atoms with Gasteiger partial charge in [-0.1, -0.05) is 13.5 Å². The summed E-state index contributed by atoms with van der Waals surface area (Å²) in [6, 6.07) is 0. The lowest BCUT2D eigenvalue weighted by Crippen LogP contribution is -2.24. The van der Waals surface area contributed by atoms with Gasteiger partial charge in [-0.2, -0.15) is 0 Å². The molecule has 68 valence electrons. The van der Waals surface area contributed by atoms with Gasteiger partial charge in [-0.05, 0) is 6.42 Å². The molecule has 1 unspecified atom stereocenters. The van der Waals surface area contributed by atoms with E-state index in [1.807, 2.05) is 6.92 Å². The van der Waals surface area contributed by atoms with Crippen molar-refractivity contribution in [3.8, 4) is 0 Å². The fraction of sp³-hybridized carbons (Fsp3) is 0.500. The van der Waals surface area contributed by atoms with Crippen LogP contribution in [0, 0.1) is 5.41 Å². The van der Waals surface area contributed by atoms with E-state index in [0.29, 0.717) is 18.8 Å². The Hall–Kier alpha value is -1.16. The van der Waals surface area contributed by atoms with Crippen LogP contribution in [0.15, 0.2) is 17.4 Å². The van der Waals surface area contributed by atoms with Gasteiger partial charge < -0.3 is 15.8 Å². The number of hydrogen-bond donors (Lipinski definition) is 3. The molecule has 0 spiro atoms. The van der Waals surface area contributed by atoms with Crippen LogP contribution in [-0.4, -0.2) is 30.2 Å². The van der Waals surface area contributed by atoms with Crippen LogP contribution in [0.25, 0.3) is 0 Å². The van der Waals surface area contributed by atoms with Crippen LogP contribution in [0.3, 0.4) is 0 Å². The van der Waals surface area contributed by atoms with Crippen LogP contribution in [-0.2, 0) is 0 Å². The highest BCUT2D eigenvalue weighted by Gasteiger charge is 1.98. The summed E-state index contributed by atoms with van der Waals surface area (Å²) < 4.78 is 0. The van der Waals surface area contributed by atoms with Crippen LogP contribution in [0.1, 0.15) is 13.3 Å². The van der Waals surface area contributed by atoms with Crippen molar-refractivity contribution in [2.75, 3.05) is 6.54 Å². The fourth-order valence-electron chi connectivity index (χ4n) is 0.553. The molecule has 1 atom stereocenters. The average Bonchev–Trinajstić information content (AvgIpc) is 2.10. The summed E-state index contributed by atoms with van der Waals surface area (Å²) in [7, 11) is 0. The predicted molar refractivity (Wildman–Crippen MR) is 50.7 cm³/mol. The van der Waals surface area contributed by atoms with E-state index in [2.05, 4.69) is 16.9 Å². The average molecular weight is 169 g/mol. The van der Waals surface area contributed by atoms with E-state index in [0.717, 1.165) is 6.21 Å². The highest BCUT2D eigenvalue weighted by molar-refractivity contribution is 6.14. The summed E-state index contributed by atoms with van der Waals surface area (Å²) in [6.45, 7) is 5.92. The molecule has 0 saturated carbocycles. The van der Waals surface area contributed by atoms with Crippen molar-refractivity contribution >= 4 is 12.4 Å². The summed E-state index contributed by atoms with van der Waals surface area (Å²) in [5, 5.41) is 18.6. The number of nitrogens with zero attached hydrogens (tertiary/aromatic N) is 1. The fourth-order valence-corrected chi connectivity index (χ4v) is 0.553. The van der Waals surface area contributed by atoms with Gasteiger partial charge in [0.1, 0.15) is 5.82 Å². The molecule has 0 aromatic carbocycles. The molecular weight excluding hydrogens is 154 g/mol. The third-order valence-electron chi connectivity index (χ3n) is 1.32. The zero-order chi connectivity index (χ0) is 9.40. The van der Waals surface area contributed by atoms with Gasteiger partial charge in [0.15, 0.2) is 0 Å². The van der Waals surface area contributed by atoms with Crippen molar-refractivity contribution in [2.45, 2.75) is 19.4 Å². The first-order valence-electron chi connectivity index (χ1n) is 3.84. The van der Waals surface area contributed by atoms with Gasteiger partial charge in [0.2, 0.25) is 0 Å². The Morgan fingerprint density at radius 1 is 1.83 bits per heavy atom. The molecule has 0 radical (unpaired) electrons. The first-order valence-corrected chi connectivity index (χ1v) is 3.84. The predicted octanol–water partition coefficient (Wildman–Crippen LogP) is 0.538. The second kappa shape index (κ2) is 6.54. The monoisotopic (exact) mass is 169 g/mol. The molecule has 0 heterocycles. The molecule has 0 saturated heterocycles. The lowest BCUT2D eigenvalue weighted by atomic mass is 10.3. The van der Waals surface area contributed by atoms with E-state index >= 15 is 0 Å². The van der Waals surface area contributed by atoms with E-state index < -0.39 is 0 Å². The summed E-state index contributed by atoms with van der Waals surface area (Å²) in [5.74, 6) is 0.464. The number of aliphatic imine (C=N–C) groups is 1. The van der Waals surface area contributed by atoms with Crippen LogP contribution in [0.5, 0.6) is 0 Å². The third kappa shape index (κ3) is 5.61. The zero-order valence-corrected chi connectivity index (χ0v) is 7.25. The quantitative estimate of drug-likeness (QED) is 0.508. The summed E-state index contributed by atoms with van der Waals surface area (Å²) in [6.07, 6.45) is 2.74. The number of rotatable bonds is 6. The van der Waals surface area contributed by atoms with Gasteiger partial charge >= 0.3 is 0 Å². The standard InChI is InChI=1S/C8H15N3O/c1-3-8(12)6-11-7(2)10-5-4-9/h4-5,8-9,11-12H,2-3,6H2,1H3/b9-4?,10-5-. The SMILES string of the molecule is C=C(/N=C\C=N)NCC(O)CC. The van der Waals surface area contributed by atoms with E-state index in [4.69, 9.17) is 10.5 Å². The van der Waals surface area contributed by atoms with E-state index in [-0.39, 0.29) is 6.10 Å². The number of aliphatic hydroxyl groups is 1. The molecule has 0 rings (SSSR count). The van der Waals surface area contributed by atoms with Gasteiger partial charge in [0, 0.05) is 19.0 Å². The zero-order valence-electron chi connectivity index (χ0n) is 7.25. The summed E-state index contributed by atoms with van der Waals surface area (Å²) in [4.78, 5) is 3.76. The van der Waals surface area contributed by atoms with E-state index in [1.165, 1.54) is 6.21 Å². The number of aliphatic hydroxyl groups excluding tert-OH is 1. The molecule has 0 bridgehead atoms. The molecular formula is C8H15N3O. The third-order valence-corrected chi connectivity index (χ3v) is 1.32. The maximum Gasteiger partial charge on any atom is 0.118 e. The maximum absolute atomic E-state index is 9.13. The molecule has 0 aliphatic rings. The van der Waals surface area contributed by atoms with Crippen LogP contribution >= 0.6 is 0 Å². The smallest absolute Gasteiger partial charge is 0.118 e. The Balaban J connectivity index is 3.56. The van der Waals surface area contributed by atoms with Gasteiger partial charge in [-0.15, -0.1) is 0 Å². The Kier molecular flexibility index (Phi) is 5.91. The highest BCUT2D eigenvalue weighted by atomic mass is 16.3. The van der Waals surface area contributed by atoms with Crippen LogP contribution in [0.2, 0.25) is 0 Å². The van der Waals surface area contributed by atoms with E-state index in [1.54, 1.807) is 0 Å². The van der Waals surface area contributed by atoms with Gasteiger partial charge in [-0.3, -0.25) is 0 Å². The van der Waals surface area contributed by atoms with Crippen molar-refractivity contribution in [1.82, 2.24) is 5.32 Å². The highest BCUT2D eigenvalue weighted by Crippen LogP contribution is 1.90. The molecule has 0 aromatic rings. The minimum atomic E-state index is -0.364. The minimum Gasteiger partial charge on any atom is -0.391 e. The summed E-state index contributed by atoms with van der Waals surface area (Å²) >= 11 is 0. The number of hydrogen-bond acceptors (Lipinski definition) is 4. The molecule has 0 fully saturated rings. The molecule has 0 aromatic heterocycles. The Morgan fingerprint density at radius 2 is 2.50 bits per heavy atom. The van der Waals surface area contributed by atoms with Crippen LogP contribution in [0.4, 0.5) is 0 Å². The second-order valence-corrected chi connectivity index (χ2v) is 2.33. The Labute approximate surface area is 72.5 Å². The van der Waals surface area contributed by atoms with Gasteiger partial charge in [0.05, 0.1) is 6.10 Å². The Bertz CT molecular complexity index is 177. The number of nitrogens with one attached hydrogen (secondary N) is 2. The van der Waals surface area contributed by atoms with E-state index in [9.17, 15) is 0 Å². The first kappa shape index (κ1) is 10.8. The second-order valence-electron chi connectivity index (χ2n) is 2.33. The topological polar surface area (TPSA) is 68.5 Å². The minimum absolute atomic E-state index is 0.364. The Morgan fingerprint density at radius 3 is 3.00 bits per heavy atom. The molecule has 0 amide bonds.